The van der Waals surface area contributed by atoms with E-state index in [1.165, 1.54) is 0 Å². The maximum Gasteiger partial charge on any atom is 0.251 e. The van der Waals surface area contributed by atoms with Gasteiger partial charge in [-0.25, -0.2) is 8.42 Å². The number of carbonyl (C=O) groups excluding carboxylic acids is 1. The summed E-state index contributed by atoms with van der Waals surface area (Å²) in [6, 6.07) is 7.01. The molecule has 1 atom stereocenters. The summed E-state index contributed by atoms with van der Waals surface area (Å²) in [7, 11) is -2.89. The molecule has 22 heavy (non-hydrogen) atoms. The largest absolute Gasteiger partial charge is 0.494 e. The molecule has 1 unspecified atom stereocenters. The Labute approximate surface area is 132 Å². The van der Waals surface area contributed by atoms with Crippen LogP contribution in [0.2, 0.25) is 0 Å². The Hall–Kier alpha value is -1.56. The first-order valence-electron chi connectivity index (χ1n) is 7.71. The smallest absolute Gasteiger partial charge is 0.251 e. The first kappa shape index (κ1) is 16.8. The number of carbonyl (C=O) groups is 1. The Kier molecular flexibility index (Phi) is 5.83. The first-order chi connectivity index (χ1) is 10.5. The summed E-state index contributed by atoms with van der Waals surface area (Å²) in [6.07, 6.45) is 2.72. The predicted molar refractivity (Wildman–Crippen MR) is 85.9 cm³/mol. The van der Waals surface area contributed by atoms with Gasteiger partial charge in [0.15, 0.2) is 9.84 Å². The summed E-state index contributed by atoms with van der Waals surface area (Å²) in [5.74, 6) is 1.02. The Bertz CT molecular complexity index is 595. The molecular formula is C16H23NO4S. The number of amides is 1. The molecule has 1 fully saturated rings. The molecule has 1 aliphatic heterocycles. The zero-order chi connectivity index (χ0) is 16.0. The number of benzene rings is 1. The second-order valence-electron chi connectivity index (χ2n) is 5.71. The third-order valence-electron chi connectivity index (χ3n) is 3.76. The van der Waals surface area contributed by atoms with Crippen LogP contribution in [0.1, 0.15) is 36.5 Å². The summed E-state index contributed by atoms with van der Waals surface area (Å²) < 4.78 is 28.3. The van der Waals surface area contributed by atoms with Gasteiger partial charge >= 0.3 is 0 Å². The molecule has 5 nitrogen and oxygen atoms in total. The summed E-state index contributed by atoms with van der Waals surface area (Å²) in [5.41, 5.74) is 0.559. The van der Waals surface area contributed by atoms with E-state index in [4.69, 9.17) is 4.74 Å². The van der Waals surface area contributed by atoms with Crippen LogP contribution in [-0.4, -0.2) is 39.0 Å². The Balaban J connectivity index is 1.80. The summed E-state index contributed by atoms with van der Waals surface area (Å²) >= 11 is 0. The number of rotatable bonds is 7. The van der Waals surface area contributed by atoms with Gasteiger partial charge in [-0.2, -0.15) is 0 Å². The van der Waals surface area contributed by atoms with Gasteiger partial charge in [-0.05, 0) is 43.0 Å². The molecule has 0 radical (unpaired) electrons. The lowest BCUT2D eigenvalue weighted by Crippen LogP contribution is -2.29. The van der Waals surface area contributed by atoms with Crippen LogP contribution >= 0.6 is 0 Å². The second-order valence-corrected chi connectivity index (χ2v) is 7.93. The van der Waals surface area contributed by atoms with E-state index in [1.54, 1.807) is 24.3 Å². The molecule has 1 heterocycles. The Morgan fingerprint density at radius 2 is 2.05 bits per heavy atom. The van der Waals surface area contributed by atoms with Crippen LogP contribution in [-0.2, 0) is 9.84 Å². The molecule has 122 valence electrons. The first-order valence-corrected chi connectivity index (χ1v) is 9.54. The summed E-state index contributed by atoms with van der Waals surface area (Å²) in [4.78, 5) is 12.0. The quantitative estimate of drug-likeness (QED) is 0.779. The molecule has 6 heteroatoms. The van der Waals surface area contributed by atoms with Gasteiger partial charge in [0, 0.05) is 12.1 Å². The number of ether oxygens (including phenoxy) is 1. The zero-order valence-electron chi connectivity index (χ0n) is 12.9. The van der Waals surface area contributed by atoms with Crippen LogP contribution < -0.4 is 10.1 Å². The minimum Gasteiger partial charge on any atom is -0.494 e. The molecule has 1 amide bonds. The molecule has 0 aliphatic carbocycles. The highest BCUT2D eigenvalue weighted by molar-refractivity contribution is 7.91. The molecule has 0 saturated carbocycles. The molecule has 0 aromatic heterocycles. The van der Waals surface area contributed by atoms with E-state index in [0.29, 0.717) is 25.1 Å². The fourth-order valence-electron chi connectivity index (χ4n) is 2.41. The molecule has 1 aromatic carbocycles. The molecule has 1 aromatic rings. The maximum absolute atomic E-state index is 12.0. The van der Waals surface area contributed by atoms with Crippen LogP contribution in [0.5, 0.6) is 5.75 Å². The van der Waals surface area contributed by atoms with E-state index in [0.717, 1.165) is 18.6 Å². The fraction of sp³-hybridized carbons (Fsp3) is 0.562. The monoisotopic (exact) mass is 325 g/mol. The maximum atomic E-state index is 12.0. The van der Waals surface area contributed by atoms with Crippen molar-refractivity contribution in [3.63, 3.8) is 0 Å². The molecule has 1 aliphatic rings. The van der Waals surface area contributed by atoms with Crippen molar-refractivity contribution in [1.82, 2.24) is 5.32 Å². The van der Waals surface area contributed by atoms with Gasteiger partial charge in [0.1, 0.15) is 5.75 Å². The standard InChI is InChI=1S/C16H23NO4S/c1-2-3-9-21-15-6-4-14(5-7-15)16(18)17-11-13-8-10-22(19,20)12-13/h4-7,13H,2-3,8-12H2,1H3,(H,17,18). The van der Waals surface area contributed by atoms with Crippen molar-refractivity contribution in [2.75, 3.05) is 24.7 Å². The topological polar surface area (TPSA) is 72.5 Å². The highest BCUT2D eigenvalue weighted by Gasteiger charge is 2.27. The summed E-state index contributed by atoms with van der Waals surface area (Å²) in [5, 5.41) is 2.81. The van der Waals surface area contributed by atoms with Gasteiger partial charge < -0.3 is 10.1 Å². The SMILES string of the molecule is CCCCOc1ccc(C(=O)NCC2CCS(=O)(=O)C2)cc1. The third-order valence-corrected chi connectivity index (χ3v) is 5.60. The third kappa shape index (κ3) is 5.02. The van der Waals surface area contributed by atoms with E-state index in [1.807, 2.05) is 0 Å². The minimum absolute atomic E-state index is 0.0330. The van der Waals surface area contributed by atoms with E-state index in [2.05, 4.69) is 12.2 Å². The number of hydrogen-bond donors (Lipinski definition) is 1. The minimum atomic E-state index is -2.89. The van der Waals surface area contributed by atoms with Crippen molar-refractivity contribution in [2.45, 2.75) is 26.2 Å². The number of hydrogen-bond acceptors (Lipinski definition) is 4. The van der Waals surface area contributed by atoms with Crippen molar-refractivity contribution in [2.24, 2.45) is 5.92 Å². The molecule has 0 spiro atoms. The molecule has 2 rings (SSSR count). The fourth-order valence-corrected chi connectivity index (χ4v) is 4.27. The van der Waals surface area contributed by atoms with Gasteiger partial charge in [0.05, 0.1) is 18.1 Å². The molecule has 1 N–H and O–H groups in total. The van der Waals surface area contributed by atoms with Crippen molar-refractivity contribution in [3.05, 3.63) is 29.8 Å². The molecule has 1 saturated heterocycles. The van der Waals surface area contributed by atoms with Gasteiger partial charge in [0.2, 0.25) is 0 Å². The van der Waals surface area contributed by atoms with Crippen molar-refractivity contribution < 1.29 is 17.9 Å². The van der Waals surface area contributed by atoms with Crippen LogP contribution in [0.25, 0.3) is 0 Å². The lowest BCUT2D eigenvalue weighted by molar-refractivity contribution is 0.0948. The van der Waals surface area contributed by atoms with Crippen LogP contribution in [0.4, 0.5) is 0 Å². The number of nitrogens with one attached hydrogen (secondary N) is 1. The summed E-state index contributed by atoms with van der Waals surface area (Å²) in [6.45, 7) is 3.19. The highest BCUT2D eigenvalue weighted by Crippen LogP contribution is 2.18. The predicted octanol–water partition coefficient (Wildman–Crippen LogP) is 2.03. The van der Waals surface area contributed by atoms with E-state index >= 15 is 0 Å². The van der Waals surface area contributed by atoms with Gasteiger partial charge in [-0.1, -0.05) is 13.3 Å². The van der Waals surface area contributed by atoms with Crippen molar-refractivity contribution in [1.29, 1.82) is 0 Å². The second kappa shape index (κ2) is 7.63. The number of unbranched alkanes of at least 4 members (excludes halogenated alkanes) is 1. The highest BCUT2D eigenvalue weighted by atomic mass is 32.2. The lowest BCUT2D eigenvalue weighted by atomic mass is 10.1. The lowest BCUT2D eigenvalue weighted by Gasteiger charge is -2.10. The van der Waals surface area contributed by atoms with Crippen LogP contribution in [0, 0.1) is 5.92 Å². The van der Waals surface area contributed by atoms with Crippen molar-refractivity contribution in [3.8, 4) is 5.75 Å². The van der Waals surface area contributed by atoms with E-state index < -0.39 is 9.84 Å². The van der Waals surface area contributed by atoms with Gasteiger partial charge in [0.25, 0.3) is 5.91 Å². The van der Waals surface area contributed by atoms with Gasteiger partial charge in [-0.15, -0.1) is 0 Å². The number of sulfone groups is 1. The molecule has 0 bridgehead atoms. The van der Waals surface area contributed by atoms with Crippen molar-refractivity contribution >= 4 is 15.7 Å². The Morgan fingerprint density at radius 3 is 2.64 bits per heavy atom. The van der Waals surface area contributed by atoms with E-state index in [9.17, 15) is 13.2 Å². The average Bonchev–Trinajstić information content (AvgIpc) is 2.85. The van der Waals surface area contributed by atoms with Gasteiger partial charge in [-0.3, -0.25) is 4.79 Å². The normalized spacial score (nSPS) is 19.8. The average molecular weight is 325 g/mol. The zero-order valence-corrected chi connectivity index (χ0v) is 13.7. The van der Waals surface area contributed by atoms with Crippen LogP contribution in [0.3, 0.4) is 0 Å². The van der Waals surface area contributed by atoms with E-state index in [-0.39, 0.29) is 23.3 Å². The Morgan fingerprint density at radius 1 is 1.32 bits per heavy atom. The molecular weight excluding hydrogens is 302 g/mol. The van der Waals surface area contributed by atoms with Crippen LogP contribution in [0.15, 0.2) is 24.3 Å².